The smallest absolute Gasteiger partial charge is 0.167 e. The Hall–Kier alpha value is -2.20. The summed E-state index contributed by atoms with van der Waals surface area (Å²) < 4.78 is 24.8. The molecule has 4 heteroatoms. The molecule has 0 spiro atoms. The molecule has 3 nitrogen and oxygen atoms in total. The summed E-state index contributed by atoms with van der Waals surface area (Å²) in [5.41, 5.74) is 0.766. The van der Waals surface area contributed by atoms with Crippen LogP contribution in [0.15, 0.2) is 54.6 Å². The van der Waals surface area contributed by atoms with E-state index in [1.807, 2.05) is 48.5 Å². The summed E-state index contributed by atoms with van der Waals surface area (Å²) in [6.45, 7) is 0. The molecule has 2 unspecified atom stereocenters. The number of sulfone groups is 1. The van der Waals surface area contributed by atoms with E-state index in [2.05, 4.69) is 6.07 Å². The molecule has 0 aromatic heterocycles. The van der Waals surface area contributed by atoms with Gasteiger partial charge in [-0.3, -0.25) is 4.79 Å². The fourth-order valence-electron chi connectivity index (χ4n) is 4.90. The van der Waals surface area contributed by atoms with E-state index in [9.17, 15) is 13.2 Å². The van der Waals surface area contributed by atoms with Crippen molar-refractivity contribution < 1.29 is 13.2 Å². The molecule has 2 atom stereocenters. The van der Waals surface area contributed by atoms with Crippen LogP contribution in [0.4, 0.5) is 0 Å². The van der Waals surface area contributed by atoms with Gasteiger partial charge in [0.1, 0.15) is 0 Å². The predicted molar refractivity (Wildman–Crippen MR) is 104 cm³/mol. The predicted octanol–water partition coefficient (Wildman–Crippen LogP) is 4.53. The van der Waals surface area contributed by atoms with E-state index >= 15 is 0 Å². The highest BCUT2D eigenvalue weighted by molar-refractivity contribution is 7.93. The van der Waals surface area contributed by atoms with Crippen LogP contribution in [0.5, 0.6) is 0 Å². The monoisotopic (exact) mass is 364 g/mol. The molecule has 3 aromatic rings. The Morgan fingerprint density at radius 3 is 1.85 bits per heavy atom. The van der Waals surface area contributed by atoms with Gasteiger partial charge in [-0.2, -0.15) is 0 Å². The summed E-state index contributed by atoms with van der Waals surface area (Å²) in [5, 5.41) is 3.41. The molecule has 0 N–H and O–H groups in total. The molecule has 2 fully saturated rings. The molecular weight excluding hydrogens is 344 g/mol. The Balaban J connectivity index is 1.67. The minimum atomic E-state index is -3.01. The van der Waals surface area contributed by atoms with Crippen molar-refractivity contribution in [3.8, 4) is 0 Å². The Labute approximate surface area is 152 Å². The molecular formula is C22H20O3S. The SMILES string of the molecule is O=C(c1c2ccccc2cc2ccccc12)C1CC2CCC(C1)S2(=O)=O. The average molecular weight is 364 g/mol. The number of carbonyl (C=O) groups is 1. The van der Waals surface area contributed by atoms with Gasteiger partial charge in [-0.25, -0.2) is 8.42 Å². The van der Waals surface area contributed by atoms with Crippen molar-refractivity contribution in [3.05, 3.63) is 60.2 Å². The van der Waals surface area contributed by atoms with Crippen LogP contribution in [0.1, 0.15) is 36.0 Å². The minimum absolute atomic E-state index is 0.116. The highest BCUT2D eigenvalue weighted by Crippen LogP contribution is 2.43. The number of hydrogen-bond donors (Lipinski definition) is 0. The molecule has 3 aromatic carbocycles. The largest absolute Gasteiger partial charge is 0.294 e. The third-order valence-electron chi connectivity index (χ3n) is 6.22. The second kappa shape index (κ2) is 5.65. The summed E-state index contributed by atoms with van der Waals surface area (Å²) in [6, 6.07) is 18.1. The van der Waals surface area contributed by atoms with Crippen LogP contribution in [0, 0.1) is 5.92 Å². The van der Waals surface area contributed by atoms with E-state index in [4.69, 9.17) is 0 Å². The number of ketones is 1. The first kappa shape index (κ1) is 16.0. The Bertz CT molecular complexity index is 1070. The van der Waals surface area contributed by atoms with Gasteiger partial charge in [-0.1, -0.05) is 48.5 Å². The molecule has 2 saturated heterocycles. The third-order valence-corrected chi connectivity index (χ3v) is 8.94. The van der Waals surface area contributed by atoms with Crippen LogP contribution in [0.3, 0.4) is 0 Å². The molecule has 2 bridgehead atoms. The van der Waals surface area contributed by atoms with Crippen molar-refractivity contribution in [2.24, 2.45) is 5.92 Å². The molecule has 2 aliphatic heterocycles. The van der Waals surface area contributed by atoms with Gasteiger partial charge < -0.3 is 0 Å². The maximum absolute atomic E-state index is 13.6. The van der Waals surface area contributed by atoms with Crippen LogP contribution >= 0.6 is 0 Å². The van der Waals surface area contributed by atoms with E-state index in [0.29, 0.717) is 25.7 Å². The molecule has 0 amide bonds. The topological polar surface area (TPSA) is 51.2 Å². The summed E-state index contributed by atoms with van der Waals surface area (Å²) in [7, 11) is -3.01. The first-order chi connectivity index (χ1) is 12.6. The van der Waals surface area contributed by atoms with Crippen molar-refractivity contribution in [2.45, 2.75) is 36.2 Å². The van der Waals surface area contributed by atoms with Crippen LogP contribution in [-0.2, 0) is 9.84 Å². The van der Waals surface area contributed by atoms with E-state index in [1.54, 1.807) is 0 Å². The van der Waals surface area contributed by atoms with E-state index in [-0.39, 0.29) is 22.2 Å². The first-order valence-electron chi connectivity index (χ1n) is 9.23. The van der Waals surface area contributed by atoms with Crippen molar-refractivity contribution in [1.29, 1.82) is 0 Å². The Kier molecular flexibility index (Phi) is 3.48. The third kappa shape index (κ3) is 2.25. The van der Waals surface area contributed by atoms with Crippen molar-refractivity contribution in [1.82, 2.24) is 0 Å². The van der Waals surface area contributed by atoms with Crippen LogP contribution in [-0.4, -0.2) is 24.7 Å². The first-order valence-corrected chi connectivity index (χ1v) is 10.8. The maximum Gasteiger partial charge on any atom is 0.167 e. The molecule has 132 valence electrons. The molecule has 0 radical (unpaired) electrons. The second-order valence-electron chi connectivity index (χ2n) is 7.64. The number of benzene rings is 3. The lowest BCUT2D eigenvalue weighted by Crippen LogP contribution is -2.36. The lowest BCUT2D eigenvalue weighted by molar-refractivity contribution is 0.0909. The highest BCUT2D eigenvalue weighted by atomic mass is 32.2. The van der Waals surface area contributed by atoms with Gasteiger partial charge in [0.05, 0.1) is 10.5 Å². The number of fused-ring (bicyclic) bond motifs is 4. The molecule has 2 heterocycles. The van der Waals surface area contributed by atoms with Gasteiger partial charge in [0.2, 0.25) is 0 Å². The quantitative estimate of drug-likeness (QED) is 0.496. The number of Topliss-reactive ketones (excluding diaryl/α,β-unsaturated/α-hetero) is 1. The van der Waals surface area contributed by atoms with Crippen molar-refractivity contribution in [3.63, 3.8) is 0 Å². The van der Waals surface area contributed by atoms with Crippen LogP contribution in [0.25, 0.3) is 21.5 Å². The molecule has 26 heavy (non-hydrogen) atoms. The summed E-state index contributed by atoms with van der Waals surface area (Å²) >= 11 is 0. The van der Waals surface area contributed by atoms with Crippen molar-refractivity contribution >= 4 is 37.2 Å². The van der Waals surface area contributed by atoms with Crippen molar-refractivity contribution in [2.75, 3.05) is 0 Å². The zero-order valence-electron chi connectivity index (χ0n) is 14.4. The van der Waals surface area contributed by atoms with Crippen LogP contribution in [0.2, 0.25) is 0 Å². The molecule has 0 saturated carbocycles. The zero-order chi connectivity index (χ0) is 17.9. The molecule has 2 aliphatic rings. The molecule has 0 aliphatic carbocycles. The van der Waals surface area contributed by atoms with Gasteiger partial charge in [0.15, 0.2) is 15.6 Å². The fraction of sp³-hybridized carbons (Fsp3) is 0.318. The Morgan fingerprint density at radius 2 is 1.31 bits per heavy atom. The Morgan fingerprint density at radius 1 is 0.808 bits per heavy atom. The number of hydrogen-bond acceptors (Lipinski definition) is 3. The zero-order valence-corrected chi connectivity index (χ0v) is 15.2. The van der Waals surface area contributed by atoms with Gasteiger partial charge in [-0.15, -0.1) is 0 Å². The van der Waals surface area contributed by atoms with Gasteiger partial charge in [0, 0.05) is 11.5 Å². The van der Waals surface area contributed by atoms with E-state index < -0.39 is 9.84 Å². The minimum Gasteiger partial charge on any atom is -0.294 e. The lowest BCUT2D eigenvalue weighted by atomic mass is 9.85. The van der Waals surface area contributed by atoms with Gasteiger partial charge in [-0.05, 0) is 53.3 Å². The summed E-state index contributed by atoms with van der Waals surface area (Å²) in [5.74, 6) is -0.0740. The van der Waals surface area contributed by atoms with E-state index in [0.717, 1.165) is 27.1 Å². The lowest BCUT2D eigenvalue weighted by Gasteiger charge is -2.27. The standard InChI is InChI=1S/C22H20O3S/c23-22(16-12-17-9-10-18(13-16)26(17,24)25)21-19-7-3-1-5-14(19)11-15-6-2-4-8-20(15)21/h1-8,11,16-18H,9-10,12-13H2. The van der Waals surface area contributed by atoms with Gasteiger partial charge in [0.25, 0.3) is 0 Å². The van der Waals surface area contributed by atoms with Crippen LogP contribution < -0.4 is 0 Å². The number of carbonyl (C=O) groups excluding carboxylic acids is 1. The number of rotatable bonds is 2. The highest BCUT2D eigenvalue weighted by Gasteiger charge is 2.48. The maximum atomic E-state index is 13.6. The van der Waals surface area contributed by atoms with E-state index in [1.165, 1.54) is 0 Å². The average Bonchev–Trinajstić information content (AvgIpc) is 2.83. The summed E-state index contributed by atoms with van der Waals surface area (Å²) in [6.07, 6.45) is 2.39. The normalized spacial score (nSPS) is 27.0. The fourth-order valence-corrected chi connectivity index (χ4v) is 7.38. The van der Waals surface area contributed by atoms with Gasteiger partial charge >= 0.3 is 0 Å². The molecule has 5 rings (SSSR count). The second-order valence-corrected chi connectivity index (χ2v) is 10.1. The summed E-state index contributed by atoms with van der Waals surface area (Å²) in [4.78, 5) is 13.6.